The van der Waals surface area contributed by atoms with Gasteiger partial charge in [0, 0.05) is 57.6 Å². The van der Waals surface area contributed by atoms with Crippen molar-refractivity contribution in [3.05, 3.63) is 165 Å². The Kier molecular flexibility index (Phi) is 8.15. The Morgan fingerprint density at radius 2 is 0.774 bits per heavy atom. The highest BCUT2D eigenvalue weighted by Crippen LogP contribution is 2.59. The van der Waals surface area contributed by atoms with Crippen molar-refractivity contribution in [3.63, 3.8) is 0 Å². The van der Waals surface area contributed by atoms with Gasteiger partial charge in [0.05, 0.1) is 35.1 Å². The number of rotatable bonds is 5. The fourth-order valence-corrected chi connectivity index (χ4v) is 8.46. The van der Waals surface area contributed by atoms with E-state index in [0.29, 0.717) is 22.3 Å². The van der Waals surface area contributed by atoms with Crippen molar-refractivity contribution >= 4 is 35.8 Å². The standard InChI is InChI=1S/C46H26O16/c47-21-7-11-27-33(17-21)57-34-18-22(48)8-12-28(34)45(27)31-5-1-3-25(39(31)43(55)61-45)41(53)59-37(51)15-16-38(52)60-42(54)26-4-2-6-32-40(26)44(56)62-46(32)29-13-9-23(49)19-35(29)58-36-20-24(50)10-14-30(36)46/h1-14,17-20,47-50H,15-16H2. The lowest BCUT2D eigenvalue weighted by molar-refractivity contribution is -0.144. The number of carbonyl (C=O) groups excluding carboxylic acids is 6. The van der Waals surface area contributed by atoms with E-state index in [0.717, 1.165) is 0 Å². The predicted molar refractivity (Wildman–Crippen MR) is 206 cm³/mol. The molecular weight excluding hydrogens is 808 g/mol. The van der Waals surface area contributed by atoms with Gasteiger partial charge >= 0.3 is 35.8 Å². The van der Waals surface area contributed by atoms with Gasteiger partial charge in [-0.15, -0.1) is 0 Å². The van der Waals surface area contributed by atoms with Crippen LogP contribution in [0.4, 0.5) is 0 Å². The molecule has 0 saturated heterocycles. The molecule has 4 aliphatic heterocycles. The molecule has 10 rings (SSSR count). The quantitative estimate of drug-likeness (QED) is 0.0824. The molecule has 2 spiro atoms. The molecule has 4 heterocycles. The van der Waals surface area contributed by atoms with Crippen LogP contribution in [0.25, 0.3) is 0 Å². The monoisotopic (exact) mass is 834 g/mol. The first-order valence-corrected chi connectivity index (χ1v) is 18.7. The molecule has 0 unspecified atom stereocenters. The molecule has 4 N–H and O–H groups in total. The van der Waals surface area contributed by atoms with E-state index in [2.05, 4.69) is 0 Å². The zero-order valence-corrected chi connectivity index (χ0v) is 31.5. The van der Waals surface area contributed by atoms with Crippen LogP contribution in [0, 0.1) is 0 Å². The minimum absolute atomic E-state index is 0.109. The second-order valence-corrected chi connectivity index (χ2v) is 14.5. The first-order chi connectivity index (χ1) is 29.8. The van der Waals surface area contributed by atoms with Crippen molar-refractivity contribution in [1.29, 1.82) is 0 Å². The lowest BCUT2D eigenvalue weighted by Crippen LogP contribution is -2.32. The number of aromatic hydroxyl groups is 4. The van der Waals surface area contributed by atoms with Gasteiger partial charge in [-0.1, -0.05) is 24.3 Å². The summed E-state index contributed by atoms with van der Waals surface area (Å²) in [6.07, 6.45) is -1.48. The molecule has 0 bridgehead atoms. The summed E-state index contributed by atoms with van der Waals surface area (Å²) in [5, 5.41) is 40.8. The summed E-state index contributed by atoms with van der Waals surface area (Å²) in [5.74, 6) is -6.99. The molecule has 0 aromatic heterocycles. The van der Waals surface area contributed by atoms with Crippen LogP contribution in [-0.4, -0.2) is 56.2 Å². The normalized spacial score (nSPS) is 15.0. The Morgan fingerprint density at radius 3 is 1.10 bits per heavy atom. The summed E-state index contributed by atoms with van der Waals surface area (Å²) in [6.45, 7) is 0. The van der Waals surface area contributed by atoms with Gasteiger partial charge in [0.15, 0.2) is 11.2 Å². The van der Waals surface area contributed by atoms with E-state index in [9.17, 15) is 49.2 Å². The van der Waals surface area contributed by atoms with Gasteiger partial charge in [-0.25, -0.2) is 19.2 Å². The smallest absolute Gasteiger partial charge is 0.346 e. The van der Waals surface area contributed by atoms with Crippen molar-refractivity contribution in [2.75, 3.05) is 0 Å². The van der Waals surface area contributed by atoms with E-state index < -0.39 is 59.9 Å². The Bertz CT molecular complexity index is 2750. The molecule has 0 atom stereocenters. The Morgan fingerprint density at radius 1 is 0.452 bits per heavy atom. The number of esters is 6. The van der Waals surface area contributed by atoms with Gasteiger partial charge in [-0.3, -0.25) is 9.59 Å². The zero-order valence-electron chi connectivity index (χ0n) is 31.5. The molecular formula is C46H26O16. The predicted octanol–water partition coefficient (Wildman–Crippen LogP) is 6.49. The molecule has 6 aromatic rings. The van der Waals surface area contributed by atoms with E-state index >= 15 is 0 Å². The molecule has 4 aliphatic rings. The van der Waals surface area contributed by atoms with Gasteiger partial charge in [-0.2, -0.15) is 0 Å². The molecule has 0 aliphatic carbocycles. The summed E-state index contributed by atoms with van der Waals surface area (Å²) >= 11 is 0. The van der Waals surface area contributed by atoms with Crippen LogP contribution in [0.3, 0.4) is 0 Å². The molecule has 0 amide bonds. The number of carbonyl (C=O) groups is 6. The average molecular weight is 835 g/mol. The Hall–Kier alpha value is -8.66. The summed E-state index contributed by atoms with van der Waals surface area (Å²) in [5.41, 5.74) is -2.97. The molecule has 62 heavy (non-hydrogen) atoms. The first kappa shape index (κ1) is 37.6. The third-order valence-corrected chi connectivity index (χ3v) is 11.0. The number of ether oxygens (including phenoxy) is 6. The SMILES string of the molecule is O=C(CCC(=O)OC(=O)c1cccc2c1C(=O)OC21c2ccc(O)cc2Oc2cc(O)ccc21)OC(=O)c1cccc2c1C(=O)OC21c2ccc(O)cc2Oc2cc(O)ccc21. The number of hydrogen-bond donors (Lipinski definition) is 4. The topological polar surface area (TPSA) is 239 Å². The van der Waals surface area contributed by atoms with Crippen molar-refractivity contribution in [1.82, 2.24) is 0 Å². The minimum atomic E-state index is -1.70. The van der Waals surface area contributed by atoms with Crippen molar-refractivity contribution < 1.29 is 77.6 Å². The van der Waals surface area contributed by atoms with E-state index in [4.69, 9.17) is 28.4 Å². The first-order valence-electron chi connectivity index (χ1n) is 18.7. The maximum atomic E-state index is 13.7. The summed E-state index contributed by atoms with van der Waals surface area (Å²) in [4.78, 5) is 80.2. The van der Waals surface area contributed by atoms with Crippen molar-refractivity contribution in [2.24, 2.45) is 0 Å². The van der Waals surface area contributed by atoms with Crippen LogP contribution in [0.15, 0.2) is 109 Å². The number of hydrogen-bond acceptors (Lipinski definition) is 16. The highest BCUT2D eigenvalue weighted by Gasteiger charge is 2.56. The average Bonchev–Trinajstić information content (AvgIpc) is 3.70. The van der Waals surface area contributed by atoms with Gasteiger partial charge in [0.25, 0.3) is 0 Å². The van der Waals surface area contributed by atoms with Crippen LogP contribution in [0.1, 0.15) is 87.7 Å². The molecule has 0 fully saturated rings. The minimum Gasteiger partial charge on any atom is -0.508 e. The van der Waals surface area contributed by atoms with Gasteiger partial charge < -0.3 is 48.8 Å². The van der Waals surface area contributed by atoms with Crippen LogP contribution < -0.4 is 9.47 Å². The van der Waals surface area contributed by atoms with Crippen LogP contribution >= 0.6 is 0 Å². The van der Waals surface area contributed by atoms with Crippen LogP contribution in [0.2, 0.25) is 0 Å². The molecule has 306 valence electrons. The third kappa shape index (κ3) is 5.46. The van der Waals surface area contributed by atoms with Crippen LogP contribution in [0.5, 0.6) is 46.0 Å². The Balaban J connectivity index is 0.870. The largest absolute Gasteiger partial charge is 0.508 e. The third-order valence-electron chi connectivity index (χ3n) is 11.0. The zero-order chi connectivity index (χ0) is 43.2. The molecule has 16 nitrogen and oxygen atoms in total. The van der Waals surface area contributed by atoms with Crippen LogP contribution in [-0.2, 0) is 39.7 Å². The number of benzene rings is 6. The summed E-state index contributed by atoms with van der Waals surface area (Å²) < 4.78 is 34.0. The number of phenols is 4. The second kappa shape index (κ2) is 13.4. The molecule has 0 saturated carbocycles. The van der Waals surface area contributed by atoms with E-state index in [1.807, 2.05) is 0 Å². The maximum Gasteiger partial charge on any atom is 0.346 e. The summed E-state index contributed by atoms with van der Waals surface area (Å²) in [7, 11) is 0. The Labute approximate surface area is 347 Å². The lowest BCUT2D eigenvalue weighted by Gasteiger charge is -2.36. The fourth-order valence-electron chi connectivity index (χ4n) is 8.46. The van der Waals surface area contributed by atoms with Gasteiger partial charge in [0.2, 0.25) is 0 Å². The maximum absolute atomic E-state index is 13.7. The number of fused-ring (bicyclic) bond motifs is 12. The molecule has 0 radical (unpaired) electrons. The highest BCUT2D eigenvalue weighted by atomic mass is 16.6. The van der Waals surface area contributed by atoms with E-state index in [-0.39, 0.29) is 79.4 Å². The highest BCUT2D eigenvalue weighted by molar-refractivity contribution is 6.10. The van der Waals surface area contributed by atoms with Crippen molar-refractivity contribution in [2.45, 2.75) is 24.0 Å². The van der Waals surface area contributed by atoms with E-state index in [1.54, 1.807) is 0 Å². The molecule has 16 heteroatoms. The number of phenolic OH excluding ortho intramolecular Hbond substituents is 4. The second-order valence-electron chi connectivity index (χ2n) is 14.5. The summed E-state index contributed by atoms with van der Waals surface area (Å²) in [6, 6.07) is 25.0. The van der Waals surface area contributed by atoms with Crippen molar-refractivity contribution in [3.8, 4) is 46.0 Å². The van der Waals surface area contributed by atoms with Gasteiger partial charge in [-0.05, 0) is 60.7 Å². The fraction of sp³-hybridized carbons (Fsp3) is 0.0870. The molecule has 6 aromatic carbocycles. The van der Waals surface area contributed by atoms with Gasteiger partial charge in [0.1, 0.15) is 46.0 Å². The lowest BCUT2D eigenvalue weighted by atomic mass is 9.77. The van der Waals surface area contributed by atoms with E-state index in [1.165, 1.54) is 109 Å².